The second kappa shape index (κ2) is 9.19. The molecule has 0 heterocycles. The van der Waals surface area contributed by atoms with Crippen molar-refractivity contribution >= 4 is 24.3 Å². The Bertz CT molecular complexity index is 558. The van der Waals surface area contributed by atoms with E-state index >= 15 is 0 Å². The molecule has 0 N–H and O–H groups in total. The van der Waals surface area contributed by atoms with Gasteiger partial charge in [0.2, 0.25) is 6.29 Å². The Hall–Kier alpha value is -2.90. The highest BCUT2D eigenvalue weighted by atomic mass is 16.9. The highest BCUT2D eigenvalue weighted by molar-refractivity contribution is 5.89. The standard InChI is InChI=1S/C15H17NO7/c1-11(21-14(19)12-7-4-3-5-8-12)22-15(20)23-16(2)13(18)9-6-10-17/h3-5,7-8,10-11H,6,9H2,1-2H3/t11-/m1/s1. The molecule has 1 amide bonds. The monoisotopic (exact) mass is 323 g/mol. The highest BCUT2D eigenvalue weighted by Crippen LogP contribution is 2.06. The Morgan fingerprint density at radius 3 is 2.43 bits per heavy atom. The van der Waals surface area contributed by atoms with Crippen molar-refractivity contribution in [2.75, 3.05) is 7.05 Å². The van der Waals surface area contributed by atoms with Gasteiger partial charge in [-0.05, 0) is 12.1 Å². The van der Waals surface area contributed by atoms with Gasteiger partial charge in [0.1, 0.15) is 6.29 Å². The van der Waals surface area contributed by atoms with Gasteiger partial charge in [-0.2, -0.15) is 5.06 Å². The molecule has 0 saturated heterocycles. The quantitative estimate of drug-likeness (QED) is 0.340. The summed E-state index contributed by atoms with van der Waals surface area (Å²) in [7, 11) is 1.20. The number of hydroxylamine groups is 2. The van der Waals surface area contributed by atoms with E-state index in [9.17, 15) is 19.2 Å². The summed E-state index contributed by atoms with van der Waals surface area (Å²) in [6, 6.07) is 8.16. The Morgan fingerprint density at radius 1 is 1.17 bits per heavy atom. The summed E-state index contributed by atoms with van der Waals surface area (Å²) in [4.78, 5) is 49.4. The maximum absolute atomic E-state index is 11.7. The second-order valence-corrected chi connectivity index (χ2v) is 4.39. The summed E-state index contributed by atoms with van der Waals surface area (Å²) in [6.07, 6.45) is -1.90. The third-order valence-corrected chi connectivity index (χ3v) is 2.58. The van der Waals surface area contributed by atoms with Crippen LogP contribution >= 0.6 is 0 Å². The number of carbonyl (C=O) groups is 4. The van der Waals surface area contributed by atoms with Crippen LogP contribution in [0.4, 0.5) is 4.79 Å². The molecule has 8 nitrogen and oxygen atoms in total. The zero-order chi connectivity index (χ0) is 17.2. The van der Waals surface area contributed by atoms with E-state index in [0.29, 0.717) is 16.9 Å². The number of aldehydes is 1. The number of benzene rings is 1. The Kier molecular flexibility index (Phi) is 7.25. The smallest absolute Gasteiger partial charge is 0.422 e. The minimum atomic E-state index is -1.21. The average molecular weight is 323 g/mol. The first-order valence-electron chi connectivity index (χ1n) is 6.79. The lowest BCUT2D eigenvalue weighted by atomic mass is 10.2. The van der Waals surface area contributed by atoms with Crippen LogP contribution < -0.4 is 0 Å². The molecule has 8 heteroatoms. The molecule has 23 heavy (non-hydrogen) atoms. The highest BCUT2D eigenvalue weighted by Gasteiger charge is 2.20. The van der Waals surface area contributed by atoms with E-state index in [0.717, 1.165) is 0 Å². The van der Waals surface area contributed by atoms with Gasteiger partial charge in [-0.3, -0.25) is 4.79 Å². The van der Waals surface area contributed by atoms with E-state index in [-0.39, 0.29) is 12.8 Å². The molecule has 0 radical (unpaired) electrons. The Balaban J connectivity index is 2.40. The van der Waals surface area contributed by atoms with Crippen LogP contribution in [0.3, 0.4) is 0 Å². The first kappa shape index (κ1) is 18.1. The molecule has 0 bridgehead atoms. The lowest BCUT2D eigenvalue weighted by Crippen LogP contribution is -2.32. The number of rotatable bonds is 6. The van der Waals surface area contributed by atoms with Crippen molar-refractivity contribution in [1.29, 1.82) is 0 Å². The normalized spacial score (nSPS) is 11.0. The zero-order valence-corrected chi connectivity index (χ0v) is 12.8. The van der Waals surface area contributed by atoms with Gasteiger partial charge in [-0.15, -0.1) is 0 Å². The summed E-state index contributed by atoms with van der Waals surface area (Å²) in [5.41, 5.74) is 0.303. The SMILES string of the molecule is C[C@@H](OC(=O)ON(C)C(=O)CCC=O)OC(=O)c1ccccc1. The molecule has 0 aliphatic heterocycles. The third-order valence-electron chi connectivity index (χ3n) is 2.58. The van der Waals surface area contributed by atoms with Crippen LogP contribution in [0.5, 0.6) is 0 Å². The molecule has 0 aromatic heterocycles. The summed E-state index contributed by atoms with van der Waals surface area (Å²) in [5.74, 6) is -1.23. The maximum Gasteiger partial charge on any atom is 0.536 e. The van der Waals surface area contributed by atoms with Crippen molar-refractivity contribution in [2.45, 2.75) is 26.1 Å². The average Bonchev–Trinajstić information content (AvgIpc) is 2.52. The number of hydrogen-bond acceptors (Lipinski definition) is 7. The van der Waals surface area contributed by atoms with Crippen molar-refractivity contribution in [3.8, 4) is 0 Å². The number of amides is 1. The lowest BCUT2D eigenvalue weighted by molar-refractivity contribution is -0.175. The first-order valence-corrected chi connectivity index (χ1v) is 6.79. The van der Waals surface area contributed by atoms with Crippen LogP contribution in [0.1, 0.15) is 30.1 Å². The number of nitrogens with zero attached hydrogens (tertiary/aromatic N) is 1. The van der Waals surface area contributed by atoms with E-state index in [1.807, 2.05) is 0 Å². The van der Waals surface area contributed by atoms with Gasteiger partial charge in [0.15, 0.2) is 0 Å². The fourth-order valence-electron chi connectivity index (χ4n) is 1.48. The Morgan fingerprint density at radius 2 is 1.83 bits per heavy atom. The van der Waals surface area contributed by atoms with Crippen molar-refractivity contribution in [2.24, 2.45) is 0 Å². The first-order chi connectivity index (χ1) is 10.9. The van der Waals surface area contributed by atoms with Gasteiger partial charge in [-0.1, -0.05) is 18.2 Å². The molecule has 1 aromatic rings. The molecule has 0 fully saturated rings. The largest absolute Gasteiger partial charge is 0.536 e. The molecular weight excluding hydrogens is 306 g/mol. The predicted molar refractivity (Wildman–Crippen MR) is 77.0 cm³/mol. The minimum Gasteiger partial charge on any atom is -0.422 e. The van der Waals surface area contributed by atoms with Crippen molar-refractivity contribution < 1.29 is 33.5 Å². The molecule has 0 spiro atoms. The van der Waals surface area contributed by atoms with Crippen molar-refractivity contribution in [3.63, 3.8) is 0 Å². The van der Waals surface area contributed by atoms with E-state index in [1.165, 1.54) is 14.0 Å². The fourth-order valence-corrected chi connectivity index (χ4v) is 1.48. The van der Waals surface area contributed by atoms with Crippen molar-refractivity contribution in [3.05, 3.63) is 35.9 Å². The topological polar surface area (TPSA) is 99.2 Å². The molecular formula is C15H17NO7. The Labute approximate surface area is 132 Å². The van der Waals surface area contributed by atoms with Gasteiger partial charge < -0.3 is 19.1 Å². The number of esters is 1. The van der Waals surface area contributed by atoms with Crippen LogP contribution in [0.2, 0.25) is 0 Å². The van der Waals surface area contributed by atoms with Crippen LogP contribution in [0, 0.1) is 0 Å². The summed E-state index contributed by atoms with van der Waals surface area (Å²) < 4.78 is 9.60. The lowest BCUT2D eigenvalue weighted by Gasteiger charge is -2.18. The summed E-state index contributed by atoms with van der Waals surface area (Å²) in [5, 5.41) is 0.650. The molecule has 1 atom stereocenters. The molecule has 0 saturated carbocycles. The van der Waals surface area contributed by atoms with Gasteiger partial charge in [0.05, 0.1) is 5.56 Å². The number of hydrogen-bond donors (Lipinski definition) is 0. The summed E-state index contributed by atoms with van der Waals surface area (Å²) in [6.45, 7) is 1.33. The van der Waals surface area contributed by atoms with E-state index in [2.05, 4.69) is 4.84 Å². The summed E-state index contributed by atoms with van der Waals surface area (Å²) >= 11 is 0. The van der Waals surface area contributed by atoms with Crippen molar-refractivity contribution in [1.82, 2.24) is 5.06 Å². The molecule has 0 unspecified atom stereocenters. The molecule has 0 aliphatic rings. The predicted octanol–water partition coefficient (Wildman–Crippen LogP) is 1.70. The van der Waals surface area contributed by atoms with Gasteiger partial charge in [0, 0.05) is 26.8 Å². The second-order valence-electron chi connectivity index (χ2n) is 4.39. The van der Waals surface area contributed by atoms with Crippen LogP contribution in [-0.2, 0) is 23.9 Å². The number of ether oxygens (including phenoxy) is 2. The van der Waals surface area contributed by atoms with E-state index < -0.39 is 24.3 Å². The van der Waals surface area contributed by atoms with Gasteiger partial charge in [0.25, 0.3) is 5.91 Å². The molecule has 1 aromatic carbocycles. The zero-order valence-electron chi connectivity index (χ0n) is 12.8. The van der Waals surface area contributed by atoms with E-state index in [1.54, 1.807) is 30.3 Å². The molecule has 124 valence electrons. The van der Waals surface area contributed by atoms with Gasteiger partial charge in [-0.25, -0.2) is 9.59 Å². The van der Waals surface area contributed by atoms with Crippen LogP contribution in [0.15, 0.2) is 30.3 Å². The number of carbonyl (C=O) groups excluding carboxylic acids is 4. The van der Waals surface area contributed by atoms with Gasteiger partial charge >= 0.3 is 12.1 Å². The maximum atomic E-state index is 11.7. The van der Waals surface area contributed by atoms with Crippen LogP contribution in [-0.4, -0.2) is 42.7 Å². The van der Waals surface area contributed by atoms with E-state index in [4.69, 9.17) is 9.47 Å². The minimum absolute atomic E-state index is 0.0205. The third kappa shape index (κ3) is 6.60. The fraction of sp³-hybridized carbons (Fsp3) is 0.333. The van der Waals surface area contributed by atoms with Crippen LogP contribution in [0.25, 0.3) is 0 Å². The molecule has 1 rings (SSSR count). The molecule has 0 aliphatic carbocycles.